The van der Waals surface area contributed by atoms with Gasteiger partial charge >= 0.3 is 5.97 Å². The summed E-state index contributed by atoms with van der Waals surface area (Å²) >= 11 is 5.97. The van der Waals surface area contributed by atoms with Gasteiger partial charge in [0, 0.05) is 33.3 Å². The molecule has 0 unspecified atom stereocenters. The highest BCUT2D eigenvalue weighted by Crippen LogP contribution is 2.43. The first-order chi connectivity index (χ1) is 14.0. The highest BCUT2D eigenvalue weighted by Gasteiger charge is 2.41. The molecule has 0 aliphatic carbocycles. The molecule has 0 fully saturated rings. The van der Waals surface area contributed by atoms with Crippen LogP contribution in [0.5, 0.6) is 5.75 Å². The van der Waals surface area contributed by atoms with Crippen molar-refractivity contribution in [2.24, 2.45) is 0 Å². The van der Waals surface area contributed by atoms with Crippen LogP contribution in [0.15, 0.2) is 30.3 Å². The summed E-state index contributed by atoms with van der Waals surface area (Å²) in [5.41, 5.74) is -1.39. The molecule has 158 valence electrons. The zero-order valence-electron chi connectivity index (χ0n) is 16.6. The number of rotatable bonds is 5. The van der Waals surface area contributed by atoms with Crippen molar-refractivity contribution in [2.45, 2.75) is 39.0 Å². The third-order valence-corrected chi connectivity index (χ3v) is 5.64. The number of aliphatic carboxylic acids is 1. The minimum Gasteiger partial charge on any atom is -0.503 e. The molecule has 0 amide bonds. The SMILES string of the molecule is CCC[C@@](C)(C(=O)O)c1c(C)n(C(=O)c2cccc(Cl)c2)c2cc(F)c(O)c(F)c12. The molecule has 5 nitrogen and oxygen atoms in total. The van der Waals surface area contributed by atoms with Gasteiger partial charge < -0.3 is 10.2 Å². The summed E-state index contributed by atoms with van der Waals surface area (Å²) in [4.78, 5) is 25.5. The highest BCUT2D eigenvalue weighted by molar-refractivity contribution is 6.31. The van der Waals surface area contributed by atoms with E-state index in [2.05, 4.69) is 0 Å². The lowest BCUT2D eigenvalue weighted by molar-refractivity contribution is -0.143. The van der Waals surface area contributed by atoms with Gasteiger partial charge in [-0.1, -0.05) is 31.0 Å². The first kappa shape index (κ1) is 21.8. The van der Waals surface area contributed by atoms with Crippen molar-refractivity contribution >= 4 is 34.4 Å². The normalized spacial score (nSPS) is 13.4. The van der Waals surface area contributed by atoms with Crippen LogP contribution >= 0.6 is 11.6 Å². The van der Waals surface area contributed by atoms with Crippen LogP contribution in [0.3, 0.4) is 0 Å². The Bertz CT molecular complexity index is 1190. The summed E-state index contributed by atoms with van der Waals surface area (Å²) in [6, 6.07) is 6.87. The molecule has 1 heterocycles. The van der Waals surface area contributed by atoms with Crippen molar-refractivity contribution in [1.82, 2.24) is 4.57 Å². The maximum absolute atomic E-state index is 15.0. The maximum atomic E-state index is 15.0. The molecule has 1 aromatic heterocycles. The standard InChI is InChI=1S/C22H20ClF2NO4/c1-4-8-22(3,21(29)30)17-11(2)26(20(28)12-6-5-7-13(23)9-12)15-10-14(24)19(27)18(25)16(15)17/h5-7,9-10,27H,4,8H2,1-3H3,(H,29,30)/t22-/m1/s1. The topological polar surface area (TPSA) is 79.5 Å². The van der Waals surface area contributed by atoms with E-state index in [1.807, 2.05) is 0 Å². The second kappa shape index (κ2) is 7.72. The molecule has 0 radical (unpaired) electrons. The average molecular weight is 436 g/mol. The first-order valence-corrected chi connectivity index (χ1v) is 9.68. The smallest absolute Gasteiger partial charge is 0.313 e. The number of carbonyl (C=O) groups is 2. The lowest BCUT2D eigenvalue weighted by atomic mass is 9.77. The number of phenolic OH excluding ortho intramolecular Hbond substituents is 1. The number of carbonyl (C=O) groups excluding carboxylic acids is 1. The minimum atomic E-state index is -1.57. The lowest BCUT2D eigenvalue weighted by Crippen LogP contribution is -2.33. The fourth-order valence-corrected chi connectivity index (χ4v) is 4.20. The van der Waals surface area contributed by atoms with E-state index in [4.69, 9.17) is 11.6 Å². The van der Waals surface area contributed by atoms with Crippen LogP contribution in [0.25, 0.3) is 10.9 Å². The van der Waals surface area contributed by atoms with Crippen molar-refractivity contribution < 1.29 is 28.6 Å². The Labute approximate surface area is 176 Å². The molecule has 0 bridgehead atoms. The van der Waals surface area contributed by atoms with Crippen molar-refractivity contribution in [3.05, 3.63) is 63.8 Å². The molecule has 0 saturated carbocycles. The van der Waals surface area contributed by atoms with Gasteiger partial charge in [-0.3, -0.25) is 14.2 Å². The summed E-state index contributed by atoms with van der Waals surface area (Å²) in [6.45, 7) is 4.68. The molecule has 0 aliphatic heterocycles. The average Bonchev–Trinajstić information content (AvgIpc) is 2.98. The van der Waals surface area contributed by atoms with E-state index in [0.717, 1.165) is 10.6 Å². The van der Waals surface area contributed by atoms with Crippen molar-refractivity contribution in [2.75, 3.05) is 0 Å². The largest absolute Gasteiger partial charge is 0.503 e. The summed E-state index contributed by atoms with van der Waals surface area (Å²) < 4.78 is 30.3. The van der Waals surface area contributed by atoms with E-state index in [1.54, 1.807) is 19.1 Å². The van der Waals surface area contributed by atoms with Crippen molar-refractivity contribution in [3.63, 3.8) is 0 Å². The fraction of sp³-hybridized carbons (Fsp3) is 0.273. The quantitative estimate of drug-likeness (QED) is 0.561. The van der Waals surface area contributed by atoms with Crippen LogP contribution in [0, 0.1) is 18.6 Å². The number of benzene rings is 2. The number of hydrogen-bond donors (Lipinski definition) is 2. The Hall–Kier alpha value is -2.93. The van der Waals surface area contributed by atoms with Crippen LogP contribution < -0.4 is 0 Å². The van der Waals surface area contributed by atoms with Gasteiger partial charge in [0.15, 0.2) is 17.4 Å². The molecule has 0 aliphatic rings. The van der Waals surface area contributed by atoms with E-state index in [1.165, 1.54) is 26.0 Å². The predicted molar refractivity (Wildman–Crippen MR) is 109 cm³/mol. The fourth-order valence-electron chi connectivity index (χ4n) is 4.01. The lowest BCUT2D eigenvalue weighted by Gasteiger charge is -2.25. The molecule has 1 atom stereocenters. The Morgan fingerprint density at radius 3 is 2.47 bits per heavy atom. The molecule has 2 aromatic carbocycles. The van der Waals surface area contributed by atoms with E-state index in [0.29, 0.717) is 11.4 Å². The molecule has 2 N–H and O–H groups in total. The Morgan fingerprint density at radius 2 is 1.90 bits per heavy atom. The molecule has 30 heavy (non-hydrogen) atoms. The predicted octanol–water partition coefficient (Wildman–Crippen LogP) is 5.42. The summed E-state index contributed by atoms with van der Waals surface area (Å²) in [5.74, 6) is -5.62. The van der Waals surface area contributed by atoms with Crippen LogP contribution in [0.2, 0.25) is 5.02 Å². The Morgan fingerprint density at radius 1 is 1.23 bits per heavy atom. The maximum Gasteiger partial charge on any atom is 0.313 e. The number of nitrogens with zero attached hydrogens (tertiary/aromatic N) is 1. The molecule has 8 heteroatoms. The van der Waals surface area contributed by atoms with Crippen LogP contribution in [-0.4, -0.2) is 26.7 Å². The monoisotopic (exact) mass is 435 g/mol. The third kappa shape index (κ3) is 3.23. The number of phenols is 1. The number of hydrogen-bond acceptors (Lipinski definition) is 3. The highest BCUT2D eigenvalue weighted by atomic mass is 35.5. The minimum absolute atomic E-state index is 0.0232. The van der Waals surface area contributed by atoms with Gasteiger partial charge in [0.05, 0.1) is 10.9 Å². The number of aromatic nitrogens is 1. The molecule has 0 spiro atoms. The van der Waals surface area contributed by atoms with Gasteiger partial charge in [0.25, 0.3) is 5.91 Å². The Kier molecular flexibility index (Phi) is 5.60. The first-order valence-electron chi connectivity index (χ1n) is 9.30. The molecule has 3 rings (SSSR count). The van der Waals surface area contributed by atoms with Crippen LogP contribution in [0.1, 0.15) is 48.3 Å². The second-order valence-corrected chi connectivity index (χ2v) is 7.85. The number of aromatic hydroxyl groups is 1. The van der Waals surface area contributed by atoms with Gasteiger partial charge in [0.2, 0.25) is 0 Å². The van der Waals surface area contributed by atoms with Crippen LogP contribution in [-0.2, 0) is 10.2 Å². The zero-order valence-corrected chi connectivity index (χ0v) is 17.3. The number of fused-ring (bicyclic) bond motifs is 1. The van der Waals surface area contributed by atoms with Gasteiger partial charge in [-0.2, -0.15) is 0 Å². The molecule has 0 saturated heterocycles. The number of carboxylic acid groups (broad SMARTS) is 1. The van der Waals surface area contributed by atoms with E-state index in [9.17, 15) is 24.2 Å². The van der Waals surface area contributed by atoms with Gasteiger partial charge in [0.1, 0.15) is 0 Å². The second-order valence-electron chi connectivity index (χ2n) is 7.41. The number of carboxylic acids is 1. The van der Waals surface area contributed by atoms with Gasteiger partial charge in [-0.15, -0.1) is 0 Å². The summed E-state index contributed by atoms with van der Waals surface area (Å²) in [5, 5.41) is 19.8. The van der Waals surface area contributed by atoms with E-state index < -0.39 is 34.7 Å². The number of halogens is 3. The molecular weight excluding hydrogens is 416 g/mol. The van der Waals surface area contributed by atoms with Crippen LogP contribution in [0.4, 0.5) is 8.78 Å². The van der Waals surface area contributed by atoms with Gasteiger partial charge in [-0.25, -0.2) is 8.78 Å². The van der Waals surface area contributed by atoms with E-state index >= 15 is 4.39 Å². The summed E-state index contributed by atoms with van der Waals surface area (Å²) in [6.07, 6.45) is 0.608. The molecule has 3 aromatic rings. The zero-order chi connectivity index (χ0) is 22.4. The molecular formula is C22H20ClF2NO4. The van der Waals surface area contributed by atoms with Gasteiger partial charge in [-0.05, 0) is 38.5 Å². The van der Waals surface area contributed by atoms with E-state index in [-0.39, 0.29) is 34.1 Å². The summed E-state index contributed by atoms with van der Waals surface area (Å²) in [7, 11) is 0. The van der Waals surface area contributed by atoms with Crippen molar-refractivity contribution in [3.8, 4) is 5.75 Å². The van der Waals surface area contributed by atoms with Crippen molar-refractivity contribution in [1.29, 1.82) is 0 Å². The Balaban J connectivity index is 2.47. The third-order valence-electron chi connectivity index (χ3n) is 5.41.